The Kier molecular flexibility index (Phi) is 20.1. The average molecular weight is 1320 g/mol. The van der Waals surface area contributed by atoms with Crippen LogP contribution in [-0.4, -0.2) is 70.2 Å². The van der Waals surface area contributed by atoms with Gasteiger partial charge in [-0.3, -0.25) is 18.7 Å². The summed E-state index contributed by atoms with van der Waals surface area (Å²) in [4.78, 5) is 33.4. The molecule has 8 aromatic rings. The second-order valence-electron chi connectivity index (χ2n) is 23.1. The zero-order chi connectivity index (χ0) is 62.6. The van der Waals surface area contributed by atoms with Crippen LogP contribution in [0.25, 0.3) is 10.8 Å². The van der Waals surface area contributed by atoms with Crippen molar-refractivity contribution in [3.05, 3.63) is 203 Å². The summed E-state index contributed by atoms with van der Waals surface area (Å²) >= 11 is -0.586. The molecule has 2 atom stereocenters. The summed E-state index contributed by atoms with van der Waals surface area (Å²) in [5.74, 6) is -0.344. The van der Waals surface area contributed by atoms with Crippen molar-refractivity contribution in [1.29, 1.82) is 0 Å². The molecule has 5 N–H and O–H groups in total. The summed E-state index contributed by atoms with van der Waals surface area (Å²) in [6.45, 7) is 25.8. The van der Waals surface area contributed by atoms with Gasteiger partial charge in [-0.2, -0.15) is 16.8 Å². The zero-order valence-corrected chi connectivity index (χ0v) is 55.6. The molecule has 0 aliphatic heterocycles. The number of halogens is 1. The number of rotatable bonds is 25. The monoisotopic (exact) mass is 1320 g/mol. The van der Waals surface area contributed by atoms with Gasteiger partial charge in [-0.15, -0.1) is 0 Å². The molecule has 0 bridgehead atoms. The molecule has 0 amide bonds. The van der Waals surface area contributed by atoms with Gasteiger partial charge in [0.15, 0.2) is 11.6 Å². The van der Waals surface area contributed by atoms with Gasteiger partial charge in [-0.25, -0.2) is 0 Å². The number of alkyl halides is 1. The molecule has 458 valence electrons. The second-order valence-corrected chi connectivity index (χ2v) is 28.8. The molecule has 0 saturated heterocycles. The van der Waals surface area contributed by atoms with Gasteiger partial charge < -0.3 is 10.6 Å². The minimum absolute atomic E-state index is 0.0242. The number of aryl methyl sites for hydroxylation is 5. The molecule has 0 spiro atoms. The second kappa shape index (κ2) is 27.1. The van der Waals surface area contributed by atoms with E-state index in [0.29, 0.717) is 65.5 Å². The Hall–Kier alpha value is -7.09. The van der Waals surface area contributed by atoms with Crippen molar-refractivity contribution in [3.8, 4) is 0 Å². The molecular weight excluding hydrogens is 1240 g/mol. The molecule has 2 unspecified atom stereocenters. The van der Waals surface area contributed by atoms with E-state index in [9.17, 15) is 35.5 Å². The summed E-state index contributed by atoms with van der Waals surface area (Å²) in [5.41, 5.74) is 11.4. The van der Waals surface area contributed by atoms with Crippen LogP contribution in [0.2, 0.25) is 0 Å². The van der Waals surface area contributed by atoms with Gasteiger partial charge in [0.2, 0.25) is 0 Å². The van der Waals surface area contributed by atoms with E-state index in [1.54, 1.807) is 76.2 Å². The van der Waals surface area contributed by atoms with E-state index >= 15 is 0 Å². The van der Waals surface area contributed by atoms with Crippen LogP contribution in [0.5, 0.6) is 0 Å². The van der Waals surface area contributed by atoms with Crippen LogP contribution in [0, 0.1) is 51.0 Å². The molecule has 0 aromatic heterocycles. The van der Waals surface area contributed by atoms with E-state index in [-0.39, 0.29) is 58.5 Å². The number of hydrogen-bond acceptors (Lipinski definition) is 11. The fourth-order valence-corrected chi connectivity index (χ4v) is 17.9. The minimum atomic E-state index is -4.79. The molecule has 0 radical (unpaired) electrons. The molecular formula is C71H81IN5O8S2-. The maximum absolute atomic E-state index is 14.6. The van der Waals surface area contributed by atoms with Crippen LogP contribution >= 0.6 is 0 Å². The number of carbonyl (C=O) groups is 2. The van der Waals surface area contributed by atoms with Gasteiger partial charge in [0.05, 0.1) is 22.5 Å². The number of nitrogens with zero attached hydrogens (tertiary/aromatic N) is 2. The van der Waals surface area contributed by atoms with Crippen LogP contribution in [-0.2, 0) is 26.7 Å². The molecule has 13 nitrogen and oxygen atoms in total. The number of hydrogen-bond donors (Lipinski definition) is 5. The first kappa shape index (κ1) is 64.4. The molecule has 0 saturated carbocycles. The van der Waals surface area contributed by atoms with Crippen molar-refractivity contribution in [2.24, 2.45) is 5.92 Å². The van der Waals surface area contributed by atoms with Gasteiger partial charge in [-0.1, -0.05) is 30.3 Å². The molecule has 8 aromatic carbocycles. The molecule has 0 heterocycles. The molecule has 0 fully saturated rings. The standard InChI is InChI=1S/C71H81IN5O8S2/c1-12-16-22-43(5)42-73-60-35-33-56(54-24-17-18-25-55(54)60)65(72-59-34-32-53(41-44(59)6)76(13-2)14-3)50-28-30-52(31-29-50)77(15-4)38-21-23-51-40-46(8)67(49(11)71(51)87(83,84)85)75-62-37-36-61(63-64(62)69(79)58-27-20-19-26-57(58)68(63)78)74-66-45(7)39-47(9)70(48(66)10)86(80,81)82/h17-20,24-37,39-41,43,65,73-75H,12-16,21-23,38,42H2,1-11H3,(H,80,81,82)(H,83,84,85)/q-1. The van der Waals surface area contributed by atoms with Gasteiger partial charge in [0, 0.05) is 22.5 Å². The topological polar surface area (TPSA) is 185 Å². The number of anilines is 7. The van der Waals surface area contributed by atoms with Crippen molar-refractivity contribution < 1.29 is 56.7 Å². The molecule has 1 aliphatic carbocycles. The van der Waals surface area contributed by atoms with E-state index < -0.39 is 53.0 Å². The number of nitrogens with one attached hydrogen (secondary N) is 3. The maximum atomic E-state index is 14.6. The van der Waals surface area contributed by atoms with Crippen molar-refractivity contribution >= 4 is 82.4 Å². The van der Waals surface area contributed by atoms with E-state index in [1.165, 1.54) is 56.0 Å². The van der Waals surface area contributed by atoms with Crippen LogP contribution in [0.3, 0.4) is 0 Å². The van der Waals surface area contributed by atoms with Crippen LogP contribution in [0.1, 0.15) is 146 Å². The van der Waals surface area contributed by atoms with Crippen LogP contribution in [0.15, 0.2) is 137 Å². The van der Waals surface area contributed by atoms with E-state index in [2.05, 4.69) is 146 Å². The summed E-state index contributed by atoms with van der Waals surface area (Å²) in [6, 6.07) is 42.5. The fraction of sp³-hybridized carbons (Fsp3) is 0.324. The van der Waals surface area contributed by atoms with Crippen LogP contribution < -0.4 is 47.0 Å². The zero-order valence-electron chi connectivity index (χ0n) is 51.8. The van der Waals surface area contributed by atoms with Crippen molar-refractivity contribution in [2.45, 2.75) is 122 Å². The van der Waals surface area contributed by atoms with E-state index in [4.69, 9.17) is 0 Å². The number of benzene rings is 8. The molecule has 87 heavy (non-hydrogen) atoms. The van der Waals surface area contributed by atoms with Gasteiger partial charge in [-0.05, 0) is 63.4 Å². The Bertz CT molecular complexity index is 4160. The van der Waals surface area contributed by atoms with Crippen molar-refractivity contribution in [3.63, 3.8) is 0 Å². The van der Waals surface area contributed by atoms with Crippen molar-refractivity contribution in [1.82, 2.24) is 0 Å². The first-order valence-corrected chi connectivity index (χ1v) is 35.4. The van der Waals surface area contributed by atoms with Crippen LogP contribution in [0.4, 0.5) is 39.8 Å². The Morgan fingerprint density at radius 3 is 1.66 bits per heavy atom. The predicted octanol–water partition coefficient (Wildman–Crippen LogP) is 13.0. The van der Waals surface area contributed by atoms with E-state index in [0.717, 1.165) is 31.0 Å². The third-order valence-electron chi connectivity index (χ3n) is 17.0. The summed E-state index contributed by atoms with van der Waals surface area (Å²) < 4.78 is 74.9. The number of ketones is 2. The summed E-state index contributed by atoms with van der Waals surface area (Å²) in [7, 11) is -9.42. The molecule has 9 rings (SSSR count). The van der Waals surface area contributed by atoms with E-state index in [1.807, 2.05) is 6.92 Å². The predicted molar refractivity (Wildman–Crippen MR) is 352 cm³/mol. The fourth-order valence-electron chi connectivity index (χ4n) is 12.6. The third kappa shape index (κ3) is 13.7. The van der Waals surface area contributed by atoms with Gasteiger partial charge in [0.1, 0.15) is 4.90 Å². The van der Waals surface area contributed by atoms with Gasteiger partial charge in [0.25, 0.3) is 10.1 Å². The number of unbranched alkanes of at least 4 members (excludes halogenated alkanes) is 1. The molecule has 16 heteroatoms. The summed E-state index contributed by atoms with van der Waals surface area (Å²) in [6.07, 6.45) is 4.52. The Labute approximate surface area is 525 Å². The average Bonchev–Trinajstić information content (AvgIpc) is 0.980. The normalized spacial score (nSPS) is 13.1. The first-order chi connectivity index (χ1) is 41.5. The SMILES string of the molecule is CCCCC(C)CNc1ccc(C([I-]c2ccc(N(CC)CC)cc2C)c2ccc(N(CC)CCCc3cc(C)c(Nc4ccc(Nc5c(C)cc(C)c(S(=O)(=O)O)c5C)c5c4C(=O)c4ccccc4C5=O)c(C)c3S(=O)(=O)O)cc2)c2ccccc12. The Morgan fingerprint density at radius 1 is 0.552 bits per heavy atom. The third-order valence-corrected chi connectivity index (χ3v) is 23.2. The summed E-state index contributed by atoms with van der Waals surface area (Å²) in [5, 5.41) is 12.9. The first-order valence-electron chi connectivity index (χ1n) is 30.2. The van der Waals surface area contributed by atoms with Gasteiger partial charge >= 0.3 is 317 Å². The number of fused-ring (bicyclic) bond motifs is 3. The van der Waals surface area contributed by atoms with Crippen molar-refractivity contribution in [2.75, 3.05) is 58.5 Å². The quantitative estimate of drug-likeness (QED) is 0.0207. The molecule has 1 aliphatic rings. The number of carbonyl (C=O) groups excluding carboxylic acids is 2. The Morgan fingerprint density at radius 2 is 1.09 bits per heavy atom. The Balaban J connectivity index is 0.998.